The monoisotopic (exact) mass is 628 g/mol. The second-order valence-corrected chi connectivity index (χ2v) is 11.4. The summed E-state index contributed by atoms with van der Waals surface area (Å²) in [6.07, 6.45) is -4.73. The van der Waals surface area contributed by atoms with Crippen LogP contribution in [0.25, 0.3) is 0 Å². The van der Waals surface area contributed by atoms with Crippen molar-refractivity contribution >= 4 is 50.5 Å². The average molecular weight is 629 g/mol. The average Bonchev–Trinajstić information content (AvgIpc) is 2.98. The molecule has 13 heteroatoms. The van der Waals surface area contributed by atoms with Gasteiger partial charge in [-0.1, -0.05) is 54.1 Å². The number of nitrogens with zero attached hydrogens (tertiary/aromatic N) is 2. The first-order chi connectivity index (χ1) is 20.3. The molecule has 0 aliphatic rings. The second kappa shape index (κ2) is 13.1. The van der Waals surface area contributed by atoms with Crippen LogP contribution in [0.4, 0.5) is 24.5 Å². The molecule has 0 saturated carbocycles. The van der Waals surface area contributed by atoms with Gasteiger partial charge in [-0.2, -0.15) is 18.3 Å². The van der Waals surface area contributed by atoms with Gasteiger partial charge in [0.05, 0.1) is 21.9 Å². The molecule has 0 bridgehead atoms. The Morgan fingerprint density at radius 3 is 2.23 bits per heavy atom. The van der Waals surface area contributed by atoms with Crippen molar-refractivity contribution in [2.45, 2.75) is 18.0 Å². The topological polar surface area (TPSA) is 108 Å². The summed E-state index contributed by atoms with van der Waals surface area (Å²) in [5, 5.41) is 7.18. The van der Waals surface area contributed by atoms with Crippen molar-refractivity contribution in [3.05, 3.63) is 125 Å². The molecule has 43 heavy (non-hydrogen) atoms. The lowest BCUT2D eigenvalue weighted by Crippen LogP contribution is -2.39. The van der Waals surface area contributed by atoms with Crippen LogP contribution in [-0.2, 0) is 21.0 Å². The molecule has 4 rings (SSSR count). The maximum absolute atomic E-state index is 13.4. The summed E-state index contributed by atoms with van der Waals surface area (Å²) in [4.78, 5) is 25.3. The molecule has 0 aliphatic heterocycles. The summed E-state index contributed by atoms with van der Waals surface area (Å²) in [7, 11) is -4.44. The fourth-order valence-corrected chi connectivity index (χ4v) is 5.53. The molecule has 0 radical (unpaired) electrons. The maximum Gasteiger partial charge on any atom is 0.416 e. The van der Waals surface area contributed by atoms with Gasteiger partial charge in [-0.15, -0.1) is 0 Å². The minimum Gasteiger partial charge on any atom is -0.322 e. The molecule has 222 valence electrons. The van der Waals surface area contributed by atoms with Crippen LogP contribution in [0.5, 0.6) is 0 Å². The molecule has 8 nitrogen and oxygen atoms in total. The molecule has 4 aromatic carbocycles. The number of anilines is 2. The SMILES string of the molecule is C/C(=N/NC(=O)CN(c1cccc(C(F)(F)F)c1)S(=O)(=O)c1ccccc1)c1cccc(NC(=O)c2cccc(Cl)c2)c1. The van der Waals surface area contributed by atoms with E-state index in [0.29, 0.717) is 37.9 Å². The fourth-order valence-electron chi connectivity index (χ4n) is 3.90. The van der Waals surface area contributed by atoms with Gasteiger partial charge in [-0.05, 0) is 73.2 Å². The number of carbonyl (C=O) groups is 2. The number of amides is 2. The maximum atomic E-state index is 13.4. The Balaban J connectivity index is 1.54. The minimum atomic E-state index is -4.73. The third kappa shape index (κ3) is 7.99. The molecule has 0 fully saturated rings. The van der Waals surface area contributed by atoms with E-state index >= 15 is 0 Å². The van der Waals surface area contributed by atoms with E-state index in [1.807, 2.05) is 0 Å². The highest BCUT2D eigenvalue weighted by Gasteiger charge is 2.33. The number of sulfonamides is 1. The van der Waals surface area contributed by atoms with Crippen LogP contribution in [0, 0.1) is 0 Å². The number of hydrogen-bond acceptors (Lipinski definition) is 5. The zero-order valence-corrected chi connectivity index (χ0v) is 24.0. The van der Waals surface area contributed by atoms with Gasteiger partial charge in [0.15, 0.2) is 0 Å². The van der Waals surface area contributed by atoms with E-state index < -0.39 is 40.1 Å². The quantitative estimate of drug-likeness (QED) is 0.166. The van der Waals surface area contributed by atoms with Crippen molar-refractivity contribution in [1.82, 2.24) is 5.43 Å². The van der Waals surface area contributed by atoms with Crippen molar-refractivity contribution < 1.29 is 31.2 Å². The molecule has 0 atom stereocenters. The minimum absolute atomic E-state index is 0.212. The molecule has 0 spiro atoms. The highest BCUT2D eigenvalue weighted by Crippen LogP contribution is 2.33. The smallest absolute Gasteiger partial charge is 0.322 e. The Kier molecular flexibility index (Phi) is 9.52. The third-order valence-electron chi connectivity index (χ3n) is 6.05. The van der Waals surface area contributed by atoms with Gasteiger partial charge in [0.1, 0.15) is 6.54 Å². The predicted molar refractivity (Wildman–Crippen MR) is 159 cm³/mol. The lowest BCUT2D eigenvalue weighted by atomic mass is 10.1. The van der Waals surface area contributed by atoms with E-state index in [9.17, 15) is 31.2 Å². The molecule has 2 N–H and O–H groups in total. The van der Waals surface area contributed by atoms with Crippen molar-refractivity contribution in [2.75, 3.05) is 16.2 Å². The van der Waals surface area contributed by atoms with Crippen LogP contribution in [0.3, 0.4) is 0 Å². The first-order valence-corrected chi connectivity index (χ1v) is 14.4. The van der Waals surface area contributed by atoms with Gasteiger partial charge < -0.3 is 5.32 Å². The number of hydrazone groups is 1. The van der Waals surface area contributed by atoms with Crippen molar-refractivity contribution in [3.63, 3.8) is 0 Å². The molecule has 2 amide bonds. The summed E-state index contributed by atoms with van der Waals surface area (Å²) in [5.74, 6) is -1.29. The predicted octanol–water partition coefficient (Wildman–Crippen LogP) is 6.35. The summed E-state index contributed by atoms with van der Waals surface area (Å²) < 4.78 is 67.6. The van der Waals surface area contributed by atoms with Crippen LogP contribution in [0.15, 0.2) is 113 Å². The molecule has 0 heterocycles. The molecular weight excluding hydrogens is 605 g/mol. The third-order valence-corrected chi connectivity index (χ3v) is 8.08. The van der Waals surface area contributed by atoms with Gasteiger partial charge in [-0.25, -0.2) is 13.8 Å². The van der Waals surface area contributed by atoms with Crippen LogP contribution >= 0.6 is 11.6 Å². The number of hydrogen-bond donors (Lipinski definition) is 2. The normalized spacial score (nSPS) is 12.0. The molecule has 0 unspecified atom stereocenters. The Labute approximate surface area is 250 Å². The lowest BCUT2D eigenvalue weighted by molar-refractivity contribution is -0.137. The first kappa shape index (κ1) is 31.3. The van der Waals surface area contributed by atoms with Gasteiger partial charge in [0, 0.05) is 16.3 Å². The Morgan fingerprint density at radius 1 is 0.860 bits per heavy atom. The van der Waals surface area contributed by atoms with Crippen LogP contribution < -0.4 is 15.0 Å². The fraction of sp³-hybridized carbons (Fsp3) is 0.100. The highest BCUT2D eigenvalue weighted by atomic mass is 35.5. The number of halogens is 4. The Bertz CT molecular complexity index is 1780. The first-order valence-electron chi connectivity index (χ1n) is 12.6. The Morgan fingerprint density at radius 2 is 1.53 bits per heavy atom. The summed E-state index contributed by atoms with van der Waals surface area (Å²) in [5.41, 5.74) is 2.46. The van der Waals surface area contributed by atoms with E-state index in [1.54, 1.807) is 55.5 Å². The summed E-state index contributed by atoms with van der Waals surface area (Å²) >= 11 is 5.95. The van der Waals surface area contributed by atoms with Gasteiger partial charge in [0.25, 0.3) is 21.8 Å². The summed E-state index contributed by atoms with van der Waals surface area (Å²) in [6, 6.07) is 23.7. The van der Waals surface area contributed by atoms with Gasteiger partial charge >= 0.3 is 6.18 Å². The largest absolute Gasteiger partial charge is 0.416 e. The number of carbonyl (C=O) groups excluding carboxylic acids is 2. The second-order valence-electron chi connectivity index (χ2n) is 9.15. The number of benzene rings is 4. The van der Waals surface area contributed by atoms with E-state index in [0.717, 1.165) is 12.1 Å². The number of alkyl halides is 3. The highest BCUT2D eigenvalue weighted by molar-refractivity contribution is 7.92. The van der Waals surface area contributed by atoms with Crippen molar-refractivity contribution in [2.24, 2.45) is 5.10 Å². The standard InChI is InChI=1S/C30H24ClF3N4O4S/c1-20(21-8-6-12-25(17-21)35-29(40)22-9-5-11-24(31)16-22)36-37-28(39)19-38(43(41,42)27-14-3-2-4-15-27)26-13-7-10-23(18-26)30(32,33)34/h2-18H,19H2,1H3,(H,35,40)(H,37,39)/b36-20-. The molecular formula is C30H24ClF3N4O4S. The van der Waals surface area contributed by atoms with E-state index in [-0.39, 0.29) is 10.6 Å². The van der Waals surface area contributed by atoms with Crippen LogP contribution in [0.2, 0.25) is 5.02 Å². The zero-order valence-electron chi connectivity index (χ0n) is 22.5. The van der Waals surface area contributed by atoms with Crippen LogP contribution in [0.1, 0.15) is 28.4 Å². The zero-order chi connectivity index (χ0) is 31.2. The van der Waals surface area contributed by atoms with E-state index in [2.05, 4.69) is 15.8 Å². The molecule has 0 aromatic heterocycles. The Hall–Kier alpha value is -4.68. The summed E-state index contributed by atoms with van der Waals surface area (Å²) in [6.45, 7) is 0.717. The van der Waals surface area contributed by atoms with Crippen molar-refractivity contribution in [1.29, 1.82) is 0 Å². The number of rotatable bonds is 9. The van der Waals surface area contributed by atoms with E-state index in [4.69, 9.17) is 11.6 Å². The number of nitrogens with one attached hydrogen (secondary N) is 2. The van der Waals surface area contributed by atoms with E-state index in [1.165, 1.54) is 36.4 Å². The van der Waals surface area contributed by atoms with Crippen LogP contribution in [-0.4, -0.2) is 32.5 Å². The van der Waals surface area contributed by atoms with Crippen molar-refractivity contribution in [3.8, 4) is 0 Å². The van der Waals surface area contributed by atoms with Gasteiger partial charge in [0.2, 0.25) is 0 Å². The molecule has 0 saturated heterocycles. The lowest BCUT2D eigenvalue weighted by Gasteiger charge is -2.24. The molecule has 4 aromatic rings. The van der Waals surface area contributed by atoms with Gasteiger partial charge in [-0.3, -0.25) is 13.9 Å². The molecule has 0 aliphatic carbocycles.